The first-order valence-corrected chi connectivity index (χ1v) is 14.2. The molecule has 11 heteroatoms. The van der Waals surface area contributed by atoms with Gasteiger partial charge < -0.3 is 28.9 Å². The molecule has 45 heavy (non-hydrogen) atoms. The first-order chi connectivity index (χ1) is 21.6. The Hall–Kier alpha value is -5.45. The van der Waals surface area contributed by atoms with Gasteiger partial charge in [-0.25, -0.2) is 4.79 Å². The fraction of sp³-hybridized carbons (Fsp3) is 0.176. The summed E-state index contributed by atoms with van der Waals surface area (Å²) in [5.41, 5.74) is 3.79. The number of nitrogens with one attached hydrogen (secondary N) is 1. The molecule has 0 atom stereocenters. The number of aliphatic carboxylic acids is 1. The molecule has 0 radical (unpaired) electrons. The molecule has 2 aromatic heterocycles. The number of nitrogens with zero attached hydrogens (tertiary/aromatic N) is 1. The van der Waals surface area contributed by atoms with Crippen molar-refractivity contribution in [2.24, 2.45) is 0 Å². The van der Waals surface area contributed by atoms with Gasteiger partial charge in [0.25, 0.3) is 0 Å². The molecule has 0 aliphatic heterocycles. The number of para-hydroxylation sites is 2. The third-order valence-electron chi connectivity index (χ3n) is 7.47. The van der Waals surface area contributed by atoms with Gasteiger partial charge in [0, 0.05) is 50.6 Å². The molecule has 2 heterocycles. The van der Waals surface area contributed by atoms with Gasteiger partial charge in [-0.1, -0.05) is 36.4 Å². The van der Waals surface area contributed by atoms with Gasteiger partial charge in [0.15, 0.2) is 0 Å². The van der Waals surface area contributed by atoms with E-state index in [0.717, 1.165) is 33.9 Å². The lowest BCUT2D eigenvalue weighted by atomic mass is 9.94. The molecule has 0 fully saturated rings. The highest BCUT2D eigenvalue weighted by atomic mass is 19.4. The summed E-state index contributed by atoms with van der Waals surface area (Å²) in [7, 11) is 0. The van der Waals surface area contributed by atoms with Crippen LogP contribution in [0.4, 0.5) is 13.2 Å². The van der Waals surface area contributed by atoms with Crippen LogP contribution in [0.1, 0.15) is 29.9 Å². The highest BCUT2D eigenvalue weighted by Crippen LogP contribution is 2.46. The van der Waals surface area contributed by atoms with Crippen molar-refractivity contribution in [1.29, 1.82) is 0 Å². The number of ether oxygens (including phenoxy) is 3. The smallest absolute Gasteiger partial charge is 0.481 e. The highest BCUT2D eigenvalue weighted by molar-refractivity contribution is 6.19. The van der Waals surface area contributed by atoms with E-state index in [4.69, 9.17) is 9.47 Å². The van der Waals surface area contributed by atoms with Crippen LogP contribution in [0.2, 0.25) is 0 Å². The largest absolute Gasteiger partial charge is 0.573 e. The Morgan fingerprint density at radius 1 is 0.889 bits per heavy atom. The van der Waals surface area contributed by atoms with E-state index >= 15 is 0 Å². The maximum Gasteiger partial charge on any atom is 0.573 e. The molecule has 6 aromatic rings. The second-order valence-corrected chi connectivity index (χ2v) is 10.2. The maximum atomic E-state index is 13.5. The number of hydrogen-bond donors (Lipinski definition) is 2. The Bertz CT molecular complexity index is 2080. The zero-order valence-corrected chi connectivity index (χ0v) is 24.2. The number of aromatic amines is 1. The minimum atomic E-state index is -4.84. The van der Waals surface area contributed by atoms with Gasteiger partial charge in [0.2, 0.25) is 0 Å². The lowest BCUT2D eigenvalue weighted by Crippen LogP contribution is -2.16. The zero-order chi connectivity index (χ0) is 31.9. The summed E-state index contributed by atoms with van der Waals surface area (Å²) in [5.74, 6) is -1.74. The molecular weight excluding hydrogens is 589 g/mol. The number of aryl methyl sites for hydroxylation is 1. The average Bonchev–Trinajstić information content (AvgIpc) is 3.52. The molecular formula is C34H27F3N2O6. The molecule has 2 N–H and O–H groups in total. The van der Waals surface area contributed by atoms with E-state index in [1.54, 1.807) is 19.1 Å². The quantitative estimate of drug-likeness (QED) is 0.158. The Morgan fingerprint density at radius 2 is 1.60 bits per heavy atom. The molecule has 4 aromatic carbocycles. The summed E-state index contributed by atoms with van der Waals surface area (Å²) < 4.78 is 56.1. The van der Waals surface area contributed by atoms with Gasteiger partial charge in [-0.3, -0.25) is 4.79 Å². The summed E-state index contributed by atoms with van der Waals surface area (Å²) in [4.78, 5) is 28.4. The number of hydrogen-bond acceptors (Lipinski definition) is 5. The molecule has 8 nitrogen and oxygen atoms in total. The van der Waals surface area contributed by atoms with Gasteiger partial charge >= 0.3 is 18.3 Å². The minimum absolute atomic E-state index is 0.0650. The number of halogens is 3. The SMILES string of the molecule is CCOC(=O)c1c(CC(=O)O)[nH]c2ccc(Oc3ccc(OC(F)(F)F)cc3)c(-c3cccc4c5ccccc5n(CC)c34)c12. The fourth-order valence-electron chi connectivity index (χ4n) is 5.86. The van der Waals surface area contributed by atoms with Crippen LogP contribution in [0, 0.1) is 0 Å². The number of benzene rings is 4. The van der Waals surface area contributed by atoms with Crippen LogP contribution in [0.15, 0.2) is 78.9 Å². The number of H-pyrrole nitrogens is 1. The summed E-state index contributed by atoms with van der Waals surface area (Å²) in [6, 6.07) is 22.1. The number of esters is 1. The molecule has 0 spiro atoms. The van der Waals surface area contributed by atoms with Crippen molar-refractivity contribution in [3.63, 3.8) is 0 Å². The van der Waals surface area contributed by atoms with Crippen LogP contribution in [-0.4, -0.2) is 39.6 Å². The van der Waals surface area contributed by atoms with Crippen LogP contribution in [0.5, 0.6) is 17.2 Å². The van der Waals surface area contributed by atoms with Crippen molar-refractivity contribution in [3.05, 3.63) is 90.1 Å². The van der Waals surface area contributed by atoms with E-state index in [1.165, 1.54) is 12.1 Å². The van der Waals surface area contributed by atoms with Gasteiger partial charge in [-0.15, -0.1) is 13.2 Å². The number of carboxylic acid groups (broad SMARTS) is 1. The van der Waals surface area contributed by atoms with Crippen LogP contribution < -0.4 is 9.47 Å². The molecule has 0 unspecified atom stereocenters. The summed E-state index contributed by atoms with van der Waals surface area (Å²) in [5, 5.41) is 12.1. The Morgan fingerprint density at radius 3 is 2.29 bits per heavy atom. The van der Waals surface area contributed by atoms with E-state index in [-0.39, 0.29) is 23.6 Å². The van der Waals surface area contributed by atoms with Gasteiger partial charge in [0.1, 0.15) is 17.2 Å². The second kappa shape index (κ2) is 11.6. The number of aromatic nitrogens is 2. The van der Waals surface area contributed by atoms with Crippen molar-refractivity contribution in [2.75, 3.05) is 6.61 Å². The topological polar surface area (TPSA) is 103 Å². The Labute approximate surface area is 254 Å². The highest BCUT2D eigenvalue weighted by Gasteiger charge is 2.31. The van der Waals surface area contributed by atoms with Crippen LogP contribution >= 0.6 is 0 Å². The lowest BCUT2D eigenvalue weighted by molar-refractivity contribution is -0.274. The molecule has 0 aliphatic rings. The Balaban J connectivity index is 1.66. The number of rotatable bonds is 9. The van der Waals surface area contributed by atoms with Crippen molar-refractivity contribution in [3.8, 4) is 28.4 Å². The van der Waals surface area contributed by atoms with Crippen LogP contribution in [-0.2, 0) is 22.5 Å². The Kier molecular flexibility index (Phi) is 7.61. The normalized spacial score (nSPS) is 11.8. The van der Waals surface area contributed by atoms with Gasteiger partial charge in [-0.2, -0.15) is 0 Å². The molecule has 0 saturated carbocycles. The predicted octanol–water partition coefficient (Wildman–Crippen LogP) is 8.46. The van der Waals surface area contributed by atoms with Crippen molar-refractivity contribution >= 4 is 44.6 Å². The fourth-order valence-corrected chi connectivity index (χ4v) is 5.86. The molecule has 0 bridgehead atoms. The van der Waals surface area contributed by atoms with E-state index in [9.17, 15) is 27.9 Å². The number of carboxylic acids is 1. The third kappa shape index (κ3) is 5.52. The molecule has 0 aliphatic carbocycles. The van der Waals surface area contributed by atoms with Crippen molar-refractivity contribution < 1.29 is 42.1 Å². The summed E-state index contributed by atoms with van der Waals surface area (Å²) >= 11 is 0. The predicted molar refractivity (Wildman–Crippen MR) is 163 cm³/mol. The zero-order valence-electron chi connectivity index (χ0n) is 24.2. The molecule has 0 saturated heterocycles. The van der Waals surface area contributed by atoms with Crippen LogP contribution in [0.3, 0.4) is 0 Å². The standard InChI is InChI=1S/C34H27F3N2O6/c1-3-39-26-11-6-5-8-21(26)22-9-7-10-23(32(22)39)29-27(44-19-12-14-20(15-13-19)45-34(35,36)37)17-16-24-30(29)31(33(42)43-4-2)25(38-24)18-28(40)41/h5-17,38H,3-4,18H2,1-2H3,(H,40,41). The summed E-state index contributed by atoms with van der Waals surface area (Å²) in [6.45, 7) is 4.37. The maximum absolute atomic E-state index is 13.5. The van der Waals surface area contributed by atoms with Crippen LogP contribution in [0.25, 0.3) is 43.8 Å². The molecule has 6 rings (SSSR count). The lowest BCUT2D eigenvalue weighted by Gasteiger charge is -2.17. The van der Waals surface area contributed by atoms with E-state index in [0.29, 0.717) is 34.3 Å². The van der Waals surface area contributed by atoms with Gasteiger partial charge in [-0.05, 0) is 56.3 Å². The average molecular weight is 617 g/mol. The minimum Gasteiger partial charge on any atom is -0.481 e. The van der Waals surface area contributed by atoms with Crippen molar-refractivity contribution in [2.45, 2.75) is 33.2 Å². The second-order valence-electron chi connectivity index (χ2n) is 10.2. The number of fused-ring (bicyclic) bond motifs is 4. The number of carbonyl (C=O) groups is 2. The number of alkyl halides is 3. The molecule has 230 valence electrons. The molecule has 0 amide bonds. The summed E-state index contributed by atoms with van der Waals surface area (Å²) in [6.07, 6.45) is -5.30. The van der Waals surface area contributed by atoms with Crippen molar-refractivity contribution in [1.82, 2.24) is 9.55 Å². The third-order valence-corrected chi connectivity index (χ3v) is 7.47. The van der Waals surface area contributed by atoms with Gasteiger partial charge in [0.05, 0.1) is 24.1 Å². The van der Waals surface area contributed by atoms with E-state index in [1.807, 2.05) is 49.4 Å². The van der Waals surface area contributed by atoms with E-state index < -0.39 is 30.5 Å². The number of carbonyl (C=O) groups excluding carboxylic acids is 1. The van der Waals surface area contributed by atoms with E-state index in [2.05, 4.69) is 14.3 Å². The first-order valence-electron chi connectivity index (χ1n) is 14.2. The monoisotopic (exact) mass is 616 g/mol. The first kappa shape index (κ1) is 29.6.